The molecular formula is C15H16ClFN2O. The summed E-state index contributed by atoms with van der Waals surface area (Å²) in [4.78, 5) is 6.10. The van der Waals surface area contributed by atoms with E-state index in [2.05, 4.69) is 9.88 Å². The summed E-state index contributed by atoms with van der Waals surface area (Å²) in [5, 5.41) is 0.485. The maximum Gasteiger partial charge on any atom is 0.165 e. The number of benzene rings is 1. The molecule has 0 aliphatic heterocycles. The first kappa shape index (κ1) is 14.8. The summed E-state index contributed by atoms with van der Waals surface area (Å²) < 4.78 is 18.8. The molecule has 1 heterocycles. The molecule has 0 bridgehead atoms. The van der Waals surface area contributed by atoms with Crippen molar-refractivity contribution >= 4 is 11.6 Å². The van der Waals surface area contributed by atoms with E-state index in [9.17, 15) is 4.39 Å². The van der Waals surface area contributed by atoms with E-state index < -0.39 is 0 Å². The molecule has 20 heavy (non-hydrogen) atoms. The van der Waals surface area contributed by atoms with Gasteiger partial charge in [0.2, 0.25) is 0 Å². The molecule has 106 valence electrons. The zero-order valence-corrected chi connectivity index (χ0v) is 12.0. The minimum atomic E-state index is -0.336. The number of hydrogen-bond acceptors (Lipinski definition) is 3. The summed E-state index contributed by atoms with van der Waals surface area (Å²) in [5.74, 6) is -0.0499. The van der Waals surface area contributed by atoms with Gasteiger partial charge < -0.3 is 4.74 Å². The van der Waals surface area contributed by atoms with Crippen molar-refractivity contribution in [2.75, 3.05) is 20.2 Å². The quantitative estimate of drug-likeness (QED) is 0.764. The number of pyridine rings is 1. The lowest BCUT2D eigenvalue weighted by molar-refractivity contribution is 0.226. The first-order valence-electron chi connectivity index (χ1n) is 6.31. The SMILES string of the molecule is CN(CCOc1ccccc1F)Cc1ccc(Cl)nc1. The summed E-state index contributed by atoms with van der Waals surface area (Å²) in [7, 11) is 1.97. The Bertz CT molecular complexity index is 548. The van der Waals surface area contributed by atoms with Gasteiger partial charge >= 0.3 is 0 Å². The van der Waals surface area contributed by atoms with Crippen molar-refractivity contribution in [1.29, 1.82) is 0 Å². The van der Waals surface area contributed by atoms with E-state index in [1.165, 1.54) is 6.07 Å². The lowest BCUT2D eigenvalue weighted by Crippen LogP contribution is -2.24. The number of para-hydroxylation sites is 1. The van der Waals surface area contributed by atoms with Gasteiger partial charge in [0.05, 0.1) is 0 Å². The van der Waals surface area contributed by atoms with Gasteiger partial charge in [0, 0.05) is 19.3 Å². The van der Waals surface area contributed by atoms with E-state index in [-0.39, 0.29) is 11.6 Å². The Labute approximate surface area is 123 Å². The Balaban J connectivity index is 1.76. The van der Waals surface area contributed by atoms with Crippen LogP contribution in [0.1, 0.15) is 5.56 Å². The van der Waals surface area contributed by atoms with Crippen LogP contribution in [0.3, 0.4) is 0 Å². The third kappa shape index (κ3) is 4.47. The highest BCUT2D eigenvalue weighted by molar-refractivity contribution is 6.29. The third-order valence-corrected chi connectivity index (χ3v) is 3.03. The molecule has 0 aliphatic rings. The zero-order chi connectivity index (χ0) is 14.4. The van der Waals surface area contributed by atoms with Crippen molar-refractivity contribution in [3.63, 3.8) is 0 Å². The van der Waals surface area contributed by atoms with E-state index in [1.54, 1.807) is 30.5 Å². The van der Waals surface area contributed by atoms with Crippen LogP contribution in [0.4, 0.5) is 4.39 Å². The zero-order valence-electron chi connectivity index (χ0n) is 11.2. The molecular weight excluding hydrogens is 279 g/mol. The van der Waals surface area contributed by atoms with Crippen LogP contribution in [0.15, 0.2) is 42.6 Å². The fourth-order valence-corrected chi connectivity index (χ4v) is 1.88. The van der Waals surface area contributed by atoms with Crippen LogP contribution in [0.5, 0.6) is 5.75 Å². The van der Waals surface area contributed by atoms with Crippen LogP contribution in [0, 0.1) is 5.82 Å². The number of rotatable bonds is 6. The fraction of sp³-hybridized carbons (Fsp3) is 0.267. The number of likely N-dealkylation sites (N-methyl/N-ethyl adjacent to an activating group) is 1. The predicted octanol–water partition coefficient (Wildman–Crippen LogP) is 3.38. The van der Waals surface area contributed by atoms with Crippen LogP contribution >= 0.6 is 11.6 Å². The minimum Gasteiger partial charge on any atom is -0.489 e. The highest BCUT2D eigenvalue weighted by Gasteiger charge is 2.04. The Hall–Kier alpha value is -1.65. The van der Waals surface area contributed by atoms with E-state index in [4.69, 9.17) is 16.3 Å². The van der Waals surface area contributed by atoms with E-state index >= 15 is 0 Å². The highest BCUT2D eigenvalue weighted by Crippen LogP contribution is 2.15. The molecule has 3 nitrogen and oxygen atoms in total. The Kier molecular flexibility index (Phi) is 5.32. The molecule has 0 N–H and O–H groups in total. The maximum absolute atomic E-state index is 13.3. The Morgan fingerprint density at radius 3 is 2.75 bits per heavy atom. The van der Waals surface area contributed by atoms with Crippen LogP contribution in [-0.2, 0) is 6.54 Å². The van der Waals surface area contributed by atoms with Gasteiger partial charge in [0.1, 0.15) is 11.8 Å². The van der Waals surface area contributed by atoms with Gasteiger partial charge in [-0.25, -0.2) is 9.37 Å². The molecule has 2 aromatic rings. The number of aromatic nitrogens is 1. The van der Waals surface area contributed by atoms with Crippen molar-refractivity contribution in [1.82, 2.24) is 9.88 Å². The predicted molar refractivity (Wildman–Crippen MR) is 77.5 cm³/mol. The summed E-state index contributed by atoms with van der Waals surface area (Å²) in [6.07, 6.45) is 1.75. The lowest BCUT2D eigenvalue weighted by atomic mass is 10.3. The standard InChI is InChI=1S/C15H16ClFN2O/c1-19(11-12-6-7-15(16)18-10-12)8-9-20-14-5-3-2-4-13(14)17/h2-7,10H,8-9,11H2,1H3. The molecule has 0 aliphatic carbocycles. The second kappa shape index (κ2) is 7.22. The summed E-state index contributed by atoms with van der Waals surface area (Å²) >= 11 is 5.73. The molecule has 0 fully saturated rings. The van der Waals surface area contributed by atoms with Crippen LogP contribution < -0.4 is 4.74 Å². The number of halogens is 2. The molecule has 0 amide bonds. The average Bonchev–Trinajstić information content (AvgIpc) is 2.43. The fourth-order valence-electron chi connectivity index (χ4n) is 1.76. The van der Waals surface area contributed by atoms with Gasteiger partial charge in [-0.1, -0.05) is 29.8 Å². The number of ether oxygens (including phenoxy) is 1. The van der Waals surface area contributed by atoms with Gasteiger partial charge in [-0.2, -0.15) is 0 Å². The molecule has 0 radical (unpaired) electrons. The number of nitrogens with zero attached hydrogens (tertiary/aromatic N) is 2. The van der Waals surface area contributed by atoms with E-state index in [1.807, 2.05) is 13.1 Å². The second-order valence-electron chi connectivity index (χ2n) is 4.51. The normalized spacial score (nSPS) is 10.8. The van der Waals surface area contributed by atoms with Crippen LogP contribution in [-0.4, -0.2) is 30.1 Å². The smallest absolute Gasteiger partial charge is 0.165 e. The average molecular weight is 295 g/mol. The molecule has 0 spiro atoms. The van der Waals surface area contributed by atoms with Gasteiger partial charge in [-0.15, -0.1) is 0 Å². The van der Waals surface area contributed by atoms with Crippen molar-refractivity contribution in [2.45, 2.75) is 6.54 Å². The van der Waals surface area contributed by atoms with Gasteiger partial charge in [0.15, 0.2) is 11.6 Å². The first-order valence-corrected chi connectivity index (χ1v) is 6.69. The molecule has 5 heteroatoms. The largest absolute Gasteiger partial charge is 0.489 e. The van der Waals surface area contributed by atoms with Crippen molar-refractivity contribution < 1.29 is 9.13 Å². The maximum atomic E-state index is 13.3. The molecule has 0 unspecified atom stereocenters. The van der Waals surface area contributed by atoms with Crippen molar-refractivity contribution in [2.24, 2.45) is 0 Å². The van der Waals surface area contributed by atoms with Crippen LogP contribution in [0.2, 0.25) is 5.15 Å². The summed E-state index contributed by atoms with van der Waals surface area (Å²) in [5.41, 5.74) is 1.07. The van der Waals surface area contributed by atoms with Gasteiger partial charge in [-0.05, 0) is 30.8 Å². The van der Waals surface area contributed by atoms with Gasteiger partial charge in [0.25, 0.3) is 0 Å². The minimum absolute atomic E-state index is 0.286. The molecule has 2 rings (SSSR count). The molecule has 1 aromatic carbocycles. The van der Waals surface area contributed by atoms with E-state index in [0.29, 0.717) is 18.3 Å². The van der Waals surface area contributed by atoms with Gasteiger partial charge in [-0.3, -0.25) is 4.90 Å². The first-order chi connectivity index (χ1) is 9.65. The molecule has 0 atom stereocenters. The monoisotopic (exact) mass is 294 g/mol. The second-order valence-corrected chi connectivity index (χ2v) is 4.89. The molecule has 0 saturated carbocycles. The third-order valence-electron chi connectivity index (χ3n) is 2.81. The lowest BCUT2D eigenvalue weighted by Gasteiger charge is -2.17. The highest BCUT2D eigenvalue weighted by atomic mass is 35.5. The molecule has 0 saturated heterocycles. The van der Waals surface area contributed by atoms with Crippen molar-refractivity contribution in [3.05, 3.63) is 59.1 Å². The Morgan fingerprint density at radius 1 is 1.25 bits per heavy atom. The summed E-state index contributed by atoms with van der Waals surface area (Å²) in [6, 6.07) is 10.1. The van der Waals surface area contributed by atoms with E-state index in [0.717, 1.165) is 12.1 Å². The van der Waals surface area contributed by atoms with Crippen LogP contribution in [0.25, 0.3) is 0 Å². The number of hydrogen-bond donors (Lipinski definition) is 0. The summed E-state index contributed by atoms with van der Waals surface area (Å²) in [6.45, 7) is 1.86. The topological polar surface area (TPSA) is 25.4 Å². The van der Waals surface area contributed by atoms with Crippen molar-refractivity contribution in [3.8, 4) is 5.75 Å². The Morgan fingerprint density at radius 2 is 2.05 bits per heavy atom. The molecule has 1 aromatic heterocycles.